The first-order chi connectivity index (χ1) is 8.51. The van der Waals surface area contributed by atoms with Crippen LogP contribution in [0.1, 0.15) is 12.7 Å². The highest BCUT2D eigenvalue weighted by atomic mass is 32.1. The summed E-state index contributed by atoms with van der Waals surface area (Å²) in [6, 6.07) is 2.71. The molecule has 18 heavy (non-hydrogen) atoms. The maximum atomic E-state index is 13.6. The molecule has 1 aromatic heterocycles. The number of benzene rings is 1. The molecule has 0 bridgehead atoms. The number of nitrogens with one attached hydrogen (secondary N) is 1. The first-order valence-corrected chi connectivity index (χ1v) is 5.67. The van der Waals surface area contributed by atoms with E-state index in [0.29, 0.717) is 18.3 Å². The summed E-state index contributed by atoms with van der Waals surface area (Å²) in [6.07, 6.45) is 0.572. The van der Waals surface area contributed by atoms with E-state index < -0.39 is 17.5 Å². The fraction of sp³-hybridized carbons (Fsp3) is 0.167. The van der Waals surface area contributed by atoms with Gasteiger partial charge in [0.25, 0.3) is 0 Å². The summed E-state index contributed by atoms with van der Waals surface area (Å²) in [7, 11) is 0. The van der Waals surface area contributed by atoms with Crippen molar-refractivity contribution in [2.75, 3.05) is 0 Å². The highest BCUT2D eigenvalue weighted by molar-refractivity contribution is 7.71. The van der Waals surface area contributed by atoms with Gasteiger partial charge in [0, 0.05) is 18.1 Å². The van der Waals surface area contributed by atoms with Crippen molar-refractivity contribution in [1.82, 2.24) is 9.97 Å². The van der Waals surface area contributed by atoms with E-state index in [1.54, 1.807) is 0 Å². The average molecular weight is 270 g/mol. The number of halogens is 3. The molecule has 1 heterocycles. The van der Waals surface area contributed by atoms with Crippen LogP contribution in [0, 0.1) is 22.1 Å². The minimum atomic E-state index is -1.22. The molecular weight excluding hydrogens is 261 g/mol. The Morgan fingerprint density at radius 3 is 2.44 bits per heavy atom. The maximum Gasteiger partial charge on any atom is 0.161 e. The second-order valence-corrected chi connectivity index (χ2v) is 4.10. The van der Waals surface area contributed by atoms with Crippen molar-refractivity contribution in [2.24, 2.45) is 0 Å². The molecule has 0 unspecified atom stereocenters. The molecule has 0 aliphatic carbocycles. The van der Waals surface area contributed by atoms with Gasteiger partial charge in [-0.1, -0.05) is 19.1 Å². The molecule has 94 valence electrons. The van der Waals surface area contributed by atoms with Crippen LogP contribution in [0.25, 0.3) is 11.3 Å². The van der Waals surface area contributed by atoms with Gasteiger partial charge in [0.2, 0.25) is 0 Å². The van der Waals surface area contributed by atoms with Gasteiger partial charge in [-0.3, -0.25) is 0 Å². The van der Waals surface area contributed by atoms with E-state index in [9.17, 15) is 13.2 Å². The van der Waals surface area contributed by atoms with E-state index in [4.69, 9.17) is 12.2 Å². The standard InChI is InChI=1S/C12H9F3N2S/c1-2-11-16-10(5-12(18)17-11)6-3-8(14)9(15)4-7(6)13/h3-5H,2H2,1H3,(H,16,17,18). The summed E-state index contributed by atoms with van der Waals surface area (Å²) >= 11 is 4.93. The van der Waals surface area contributed by atoms with Crippen molar-refractivity contribution < 1.29 is 13.2 Å². The molecule has 0 aliphatic rings. The Balaban J connectivity index is 2.65. The quantitative estimate of drug-likeness (QED) is 0.664. The molecule has 0 saturated carbocycles. The number of aryl methyl sites for hydroxylation is 1. The minimum Gasteiger partial charge on any atom is -0.343 e. The monoisotopic (exact) mass is 270 g/mol. The number of aromatic nitrogens is 2. The Hall–Kier alpha value is -1.69. The third-order valence-electron chi connectivity index (χ3n) is 2.43. The van der Waals surface area contributed by atoms with E-state index >= 15 is 0 Å². The van der Waals surface area contributed by atoms with Gasteiger partial charge in [-0.15, -0.1) is 0 Å². The zero-order valence-corrected chi connectivity index (χ0v) is 10.2. The molecular formula is C12H9F3N2S. The smallest absolute Gasteiger partial charge is 0.161 e. The van der Waals surface area contributed by atoms with Gasteiger partial charge in [-0.05, 0) is 12.1 Å². The molecule has 2 nitrogen and oxygen atoms in total. The number of nitrogens with zero attached hydrogens (tertiary/aromatic N) is 1. The summed E-state index contributed by atoms with van der Waals surface area (Å²) in [5.74, 6) is -2.63. The Labute approximate surface area is 107 Å². The maximum absolute atomic E-state index is 13.6. The van der Waals surface area contributed by atoms with Gasteiger partial charge in [-0.2, -0.15) is 0 Å². The summed E-state index contributed by atoms with van der Waals surface area (Å²) in [5, 5.41) is 0. The number of rotatable bonds is 2. The molecule has 0 spiro atoms. The average Bonchev–Trinajstić information content (AvgIpc) is 2.33. The Morgan fingerprint density at radius 1 is 1.11 bits per heavy atom. The second-order valence-electron chi connectivity index (χ2n) is 3.68. The van der Waals surface area contributed by atoms with Crippen LogP contribution in [-0.2, 0) is 6.42 Å². The van der Waals surface area contributed by atoms with E-state index in [0.717, 1.165) is 6.07 Å². The Morgan fingerprint density at radius 2 is 1.78 bits per heavy atom. The van der Waals surface area contributed by atoms with E-state index in [-0.39, 0.29) is 15.9 Å². The van der Waals surface area contributed by atoms with Crippen LogP contribution in [0.2, 0.25) is 0 Å². The predicted molar refractivity (Wildman–Crippen MR) is 64.1 cm³/mol. The topological polar surface area (TPSA) is 28.7 Å². The first kappa shape index (κ1) is 12.8. The number of hydrogen-bond donors (Lipinski definition) is 1. The third-order valence-corrected chi connectivity index (χ3v) is 2.64. The van der Waals surface area contributed by atoms with Crippen LogP contribution >= 0.6 is 12.2 Å². The van der Waals surface area contributed by atoms with E-state index in [2.05, 4.69) is 9.97 Å². The third kappa shape index (κ3) is 2.43. The highest BCUT2D eigenvalue weighted by Gasteiger charge is 2.12. The van der Waals surface area contributed by atoms with Crippen molar-refractivity contribution >= 4 is 12.2 Å². The van der Waals surface area contributed by atoms with Crippen molar-refractivity contribution in [2.45, 2.75) is 13.3 Å². The lowest BCUT2D eigenvalue weighted by atomic mass is 10.1. The lowest BCUT2D eigenvalue weighted by Gasteiger charge is -2.06. The normalized spacial score (nSPS) is 10.7. The fourth-order valence-electron chi connectivity index (χ4n) is 1.55. The van der Waals surface area contributed by atoms with Crippen LogP contribution in [0.4, 0.5) is 13.2 Å². The summed E-state index contributed by atoms with van der Waals surface area (Å²) in [5.41, 5.74) is 0.209. The molecule has 0 atom stereocenters. The van der Waals surface area contributed by atoms with Crippen LogP contribution in [0.15, 0.2) is 18.2 Å². The highest BCUT2D eigenvalue weighted by Crippen LogP contribution is 2.23. The summed E-state index contributed by atoms with van der Waals surface area (Å²) in [6.45, 7) is 1.85. The molecule has 2 aromatic rings. The number of aromatic amines is 1. The van der Waals surface area contributed by atoms with Crippen LogP contribution in [0.3, 0.4) is 0 Å². The van der Waals surface area contributed by atoms with Crippen molar-refractivity contribution in [3.8, 4) is 11.3 Å². The predicted octanol–water partition coefficient (Wildman–Crippen LogP) is 3.79. The molecule has 0 aliphatic heterocycles. The summed E-state index contributed by atoms with van der Waals surface area (Å²) < 4.78 is 39.8. The Bertz CT molecular complexity index is 652. The van der Waals surface area contributed by atoms with Gasteiger partial charge in [0.15, 0.2) is 11.6 Å². The zero-order chi connectivity index (χ0) is 13.3. The lowest BCUT2D eigenvalue weighted by molar-refractivity contribution is 0.496. The SMILES string of the molecule is CCc1nc(=S)cc(-c2cc(F)c(F)cc2F)[nH]1. The van der Waals surface area contributed by atoms with Crippen LogP contribution in [0.5, 0.6) is 0 Å². The van der Waals surface area contributed by atoms with Gasteiger partial charge in [0.1, 0.15) is 16.3 Å². The minimum absolute atomic E-state index is 0.0721. The Kier molecular flexibility index (Phi) is 3.47. The zero-order valence-electron chi connectivity index (χ0n) is 9.43. The first-order valence-electron chi connectivity index (χ1n) is 5.26. The van der Waals surface area contributed by atoms with E-state index in [1.165, 1.54) is 6.07 Å². The molecule has 6 heteroatoms. The number of H-pyrrole nitrogens is 1. The van der Waals surface area contributed by atoms with Crippen molar-refractivity contribution in [1.29, 1.82) is 0 Å². The lowest BCUT2D eigenvalue weighted by Crippen LogP contribution is -1.98. The van der Waals surface area contributed by atoms with Gasteiger partial charge >= 0.3 is 0 Å². The van der Waals surface area contributed by atoms with Crippen LogP contribution in [-0.4, -0.2) is 9.97 Å². The molecule has 0 radical (unpaired) electrons. The van der Waals surface area contributed by atoms with Gasteiger partial charge < -0.3 is 4.98 Å². The van der Waals surface area contributed by atoms with Gasteiger partial charge in [0.05, 0.1) is 5.69 Å². The van der Waals surface area contributed by atoms with Crippen LogP contribution < -0.4 is 0 Å². The van der Waals surface area contributed by atoms with Crippen molar-refractivity contribution in [3.63, 3.8) is 0 Å². The largest absolute Gasteiger partial charge is 0.343 e. The molecule has 2 rings (SSSR count). The number of hydrogen-bond acceptors (Lipinski definition) is 2. The second kappa shape index (κ2) is 4.89. The van der Waals surface area contributed by atoms with Crippen molar-refractivity contribution in [3.05, 3.63) is 46.1 Å². The fourth-order valence-corrected chi connectivity index (χ4v) is 1.78. The molecule has 1 N–H and O–H groups in total. The molecule has 0 amide bonds. The molecule has 1 aromatic carbocycles. The van der Waals surface area contributed by atoms with E-state index in [1.807, 2.05) is 6.92 Å². The summed E-state index contributed by atoms with van der Waals surface area (Å²) in [4.78, 5) is 6.85. The molecule has 0 saturated heterocycles. The molecule has 0 fully saturated rings. The van der Waals surface area contributed by atoms with Gasteiger partial charge in [-0.25, -0.2) is 18.2 Å².